The average molecular weight is 349 g/mol. The molecule has 0 aliphatic carbocycles. The molecule has 0 fully saturated rings. The minimum absolute atomic E-state index is 0.272. The molecule has 7 heteroatoms. The summed E-state index contributed by atoms with van der Waals surface area (Å²) < 4.78 is 7.35. The smallest absolute Gasteiger partial charge is 0.191 e. The molecule has 1 aromatic heterocycles. The van der Waals surface area contributed by atoms with Crippen LogP contribution >= 0.6 is 23.2 Å². The summed E-state index contributed by atoms with van der Waals surface area (Å²) in [5.74, 6) is 0.778. The van der Waals surface area contributed by atoms with Crippen molar-refractivity contribution in [2.45, 2.75) is 39.8 Å². The van der Waals surface area contributed by atoms with Crippen molar-refractivity contribution < 1.29 is 4.74 Å². The van der Waals surface area contributed by atoms with Gasteiger partial charge in [0.2, 0.25) is 0 Å². The van der Waals surface area contributed by atoms with E-state index in [4.69, 9.17) is 27.9 Å². The van der Waals surface area contributed by atoms with E-state index in [1.165, 1.54) is 0 Å². The predicted molar refractivity (Wildman–Crippen MR) is 94.0 cm³/mol. The van der Waals surface area contributed by atoms with Gasteiger partial charge in [-0.2, -0.15) is 0 Å². The molecule has 0 saturated heterocycles. The number of aliphatic imine (C=N–C) groups is 1. The SMILES string of the molecule is CCNC(=NCc1cc(Cl)c(Cl)n1C)NCCCOC(C)C. The highest BCUT2D eigenvalue weighted by molar-refractivity contribution is 6.41. The number of hydrogen-bond acceptors (Lipinski definition) is 2. The van der Waals surface area contributed by atoms with E-state index < -0.39 is 0 Å². The molecule has 0 spiro atoms. The van der Waals surface area contributed by atoms with Crippen LogP contribution in [0.25, 0.3) is 0 Å². The summed E-state index contributed by atoms with van der Waals surface area (Å²) in [5.41, 5.74) is 0.968. The van der Waals surface area contributed by atoms with Gasteiger partial charge in [-0.25, -0.2) is 4.99 Å². The van der Waals surface area contributed by atoms with Crippen molar-refractivity contribution in [2.24, 2.45) is 12.0 Å². The number of rotatable bonds is 8. The van der Waals surface area contributed by atoms with E-state index in [-0.39, 0.29) is 6.10 Å². The number of nitrogens with zero attached hydrogens (tertiary/aromatic N) is 2. The zero-order valence-corrected chi connectivity index (χ0v) is 15.3. The first-order valence-electron chi connectivity index (χ1n) is 7.59. The van der Waals surface area contributed by atoms with Gasteiger partial charge in [0.15, 0.2) is 5.96 Å². The standard InChI is InChI=1S/C15H26Cl2N4O/c1-5-18-15(19-7-6-8-22-11(2)3)20-10-12-9-13(16)14(17)21(12)4/h9,11H,5-8,10H2,1-4H3,(H2,18,19,20). The van der Waals surface area contributed by atoms with E-state index in [2.05, 4.69) is 15.6 Å². The van der Waals surface area contributed by atoms with Crippen LogP contribution in [0.3, 0.4) is 0 Å². The number of nitrogens with one attached hydrogen (secondary N) is 2. The zero-order valence-electron chi connectivity index (χ0n) is 13.7. The third kappa shape index (κ3) is 6.46. The number of halogens is 2. The van der Waals surface area contributed by atoms with Gasteiger partial charge in [-0.05, 0) is 33.3 Å². The minimum atomic E-state index is 0.272. The van der Waals surface area contributed by atoms with Crippen molar-refractivity contribution in [3.63, 3.8) is 0 Å². The number of aromatic nitrogens is 1. The van der Waals surface area contributed by atoms with Crippen LogP contribution in [0, 0.1) is 0 Å². The number of hydrogen-bond donors (Lipinski definition) is 2. The molecule has 1 heterocycles. The van der Waals surface area contributed by atoms with Gasteiger partial charge in [-0.15, -0.1) is 0 Å². The largest absolute Gasteiger partial charge is 0.379 e. The second kappa shape index (κ2) is 9.98. The van der Waals surface area contributed by atoms with Gasteiger partial charge in [0.25, 0.3) is 0 Å². The van der Waals surface area contributed by atoms with E-state index in [1.807, 2.05) is 38.5 Å². The Labute approximate surface area is 143 Å². The van der Waals surface area contributed by atoms with Crippen molar-refractivity contribution in [1.29, 1.82) is 0 Å². The summed E-state index contributed by atoms with van der Waals surface area (Å²) >= 11 is 12.1. The van der Waals surface area contributed by atoms with E-state index in [9.17, 15) is 0 Å². The molecule has 2 N–H and O–H groups in total. The van der Waals surface area contributed by atoms with Crippen molar-refractivity contribution in [2.75, 3.05) is 19.7 Å². The van der Waals surface area contributed by atoms with Crippen molar-refractivity contribution in [3.05, 3.63) is 21.9 Å². The van der Waals surface area contributed by atoms with Crippen molar-refractivity contribution in [1.82, 2.24) is 15.2 Å². The van der Waals surface area contributed by atoms with E-state index >= 15 is 0 Å². The number of ether oxygens (including phenoxy) is 1. The maximum atomic E-state index is 6.06. The number of guanidine groups is 1. The Hall–Kier alpha value is -0.910. The van der Waals surface area contributed by atoms with Crippen LogP contribution in [0.15, 0.2) is 11.1 Å². The van der Waals surface area contributed by atoms with Gasteiger partial charge in [0, 0.05) is 32.4 Å². The minimum Gasteiger partial charge on any atom is -0.379 e. The van der Waals surface area contributed by atoms with Gasteiger partial charge in [-0.3, -0.25) is 0 Å². The molecular weight excluding hydrogens is 323 g/mol. The lowest BCUT2D eigenvalue weighted by atomic mass is 10.4. The maximum absolute atomic E-state index is 6.06. The molecule has 0 radical (unpaired) electrons. The Balaban J connectivity index is 2.49. The monoisotopic (exact) mass is 348 g/mol. The molecule has 0 aliphatic heterocycles. The van der Waals surface area contributed by atoms with Crippen LogP contribution < -0.4 is 10.6 Å². The fraction of sp³-hybridized carbons (Fsp3) is 0.667. The molecule has 1 aromatic rings. The van der Waals surface area contributed by atoms with E-state index in [0.717, 1.165) is 37.8 Å². The lowest BCUT2D eigenvalue weighted by Crippen LogP contribution is -2.38. The van der Waals surface area contributed by atoms with E-state index in [0.29, 0.717) is 16.7 Å². The van der Waals surface area contributed by atoms with E-state index in [1.54, 1.807) is 0 Å². The van der Waals surface area contributed by atoms with Crippen LogP contribution in [-0.4, -0.2) is 36.3 Å². The van der Waals surface area contributed by atoms with Crippen LogP contribution in [-0.2, 0) is 18.3 Å². The van der Waals surface area contributed by atoms with Gasteiger partial charge in [-0.1, -0.05) is 23.2 Å². The second-order valence-electron chi connectivity index (χ2n) is 5.23. The van der Waals surface area contributed by atoms with Crippen LogP contribution in [0.2, 0.25) is 10.2 Å². The molecule has 0 amide bonds. The Bertz CT molecular complexity index is 486. The third-order valence-corrected chi connectivity index (χ3v) is 3.87. The summed E-state index contributed by atoms with van der Waals surface area (Å²) in [5, 5.41) is 7.60. The molecule has 22 heavy (non-hydrogen) atoms. The fourth-order valence-electron chi connectivity index (χ4n) is 1.84. The molecule has 0 unspecified atom stereocenters. The lowest BCUT2D eigenvalue weighted by molar-refractivity contribution is 0.0776. The van der Waals surface area contributed by atoms with Gasteiger partial charge >= 0.3 is 0 Å². The topological polar surface area (TPSA) is 50.6 Å². The van der Waals surface area contributed by atoms with Crippen molar-refractivity contribution in [3.8, 4) is 0 Å². The summed E-state index contributed by atoms with van der Waals surface area (Å²) in [7, 11) is 1.88. The molecule has 0 bridgehead atoms. The van der Waals surface area contributed by atoms with Crippen LogP contribution in [0.5, 0.6) is 0 Å². The molecule has 0 aliphatic rings. The molecule has 0 atom stereocenters. The van der Waals surface area contributed by atoms with Crippen LogP contribution in [0.1, 0.15) is 32.9 Å². The summed E-state index contributed by atoms with van der Waals surface area (Å²) in [6.07, 6.45) is 1.21. The zero-order chi connectivity index (χ0) is 16.5. The van der Waals surface area contributed by atoms with Gasteiger partial charge in [0.05, 0.1) is 17.7 Å². The molecule has 5 nitrogen and oxygen atoms in total. The first kappa shape index (κ1) is 19.1. The molecule has 0 saturated carbocycles. The highest BCUT2D eigenvalue weighted by Gasteiger charge is 2.08. The highest BCUT2D eigenvalue weighted by Crippen LogP contribution is 2.25. The summed E-state index contributed by atoms with van der Waals surface area (Å²) in [6, 6.07) is 1.84. The normalized spacial score (nSPS) is 12.0. The quantitative estimate of drug-likeness (QED) is 0.431. The predicted octanol–water partition coefficient (Wildman–Crippen LogP) is 3.20. The van der Waals surface area contributed by atoms with Gasteiger partial charge in [0.1, 0.15) is 5.15 Å². The van der Waals surface area contributed by atoms with Gasteiger partial charge < -0.3 is 19.9 Å². The van der Waals surface area contributed by atoms with Crippen LogP contribution in [0.4, 0.5) is 0 Å². The Morgan fingerprint density at radius 2 is 2.09 bits per heavy atom. The molecular formula is C15H26Cl2N4O. The Morgan fingerprint density at radius 1 is 1.36 bits per heavy atom. The Morgan fingerprint density at radius 3 is 2.64 bits per heavy atom. The summed E-state index contributed by atoms with van der Waals surface area (Å²) in [6.45, 7) is 8.99. The average Bonchev–Trinajstić information content (AvgIpc) is 2.71. The first-order chi connectivity index (χ1) is 10.5. The third-order valence-electron chi connectivity index (χ3n) is 3.02. The first-order valence-corrected chi connectivity index (χ1v) is 8.34. The molecule has 0 aromatic carbocycles. The highest BCUT2D eigenvalue weighted by atomic mass is 35.5. The maximum Gasteiger partial charge on any atom is 0.191 e. The molecule has 126 valence electrons. The molecule has 1 rings (SSSR count). The Kier molecular flexibility index (Phi) is 8.68. The summed E-state index contributed by atoms with van der Waals surface area (Å²) in [4.78, 5) is 4.55. The lowest BCUT2D eigenvalue weighted by Gasteiger charge is -2.12. The fourth-order valence-corrected chi connectivity index (χ4v) is 2.26. The second-order valence-corrected chi connectivity index (χ2v) is 5.99. The van der Waals surface area contributed by atoms with Crippen molar-refractivity contribution >= 4 is 29.2 Å².